The summed E-state index contributed by atoms with van der Waals surface area (Å²) in [6.07, 6.45) is 1.63. The lowest BCUT2D eigenvalue weighted by Crippen LogP contribution is -2.58. The highest BCUT2D eigenvalue weighted by Crippen LogP contribution is 2.23. The van der Waals surface area contributed by atoms with Gasteiger partial charge in [-0.1, -0.05) is 11.6 Å². The topological polar surface area (TPSA) is 67.3 Å². The molecule has 1 atom stereocenters. The number of halogens is 1. The van der Waals surface area contributed by atoms with Gasteiger partial charge in [0.1, 0.15) is 18.2 Å². The molecule has 3 rings (SSSR count). The molecular formula is C16H19ClN4O2. The second kappa shape index (κ2) is 6.68. The number of hydrogen-bond donors (Lipinski definition) is 1. The number of benzene rings is 1. The lowest BCUT2D eigenvalue weighted by atomic mass is 10.1. The summed E-state index contributed by atoms with van der Waals surface area (Å²) in [6, 6.07) is 5.04. The van der Waals surface area contributed by atoms with Gasteiger partial charge in [0, 0.05) is 30.1 Å². The van der Waals surface area contributed by atoms with Crippen LogP contribution >= 0.6 is 11.6 Å². The summed E-state index contributed by atoms with van der Waals surface area (Å²) in [5.41, 5.74) is 0.745. The Bertz CT molecular complexity index is 718. The summed E-state index contributed by atoms with van der Waals surface area (Å²) >= 11 is 5.98. The molecule has 7 heteroatoms. The Hall–Kier alpha value is -1.92. The highest BCUT2D eigenvalue weighted by Gasteiger charge is 2.33. The highest BCUT2D eigenvalue weighted by molar-refractivity contribution is 6.31. The van der Waals surface area contributed by atoms with Crippen LogP contribution in [0.15, 0.2) is 24.5 Å². The van der Waals surface area contributed by atoms with Crippen LogP contribution in [0, 0.1) is 0 Å². The van der Waals surface area contributed by atoms with Gasteiger partial charge in [-0.15, -0.1) is 0 Å². The molecule has 1 saturated heterocycles. The van der Waals surface area contributed by atoms with E-state index in [0.717, 1.165) is 10.9 Å². The third-order valence-corrected chi connectivity index (χ3v) is 4.12. The van der Waals surface area contributed by atoms with Crippen molar-refractivity contribution < 1.29 is 9.53 Å². The van der Waals surface area contributed by atoms with E-state index in [0.29, 0.717) is 30.5 Å². The molecule has 1 aromatic heterocycles. The smallest absolute Gasteiger partial charge is 0.244 e. The molecule has 1 aliphatic heterocycles. The van der Waals surface area contributed by atoms with Crippen molar-refractivity contribution in [3.05, 3.63) is 29.5 Å². The van der Waals surface area contributed by atoms with Crippen LogP contribution in [0.1, 0.15) is 13.8 Å². The first kappa shape index (κ1) is 16.0. The molecule has 6 nitrogen and oxygen atoms in total. The third-order valence-electron chi connectivity index (χ3n) is 3.88. The number of aromatic nitrogens is 2. The van der Waals surface area contributed by atoms with Crippen molar-refractivity contribution in [3.63, 3.8) is 0 Å². The first-order valence-electron chi connectivity index (χ1n) is 7.65. The fourth-order valence-electron chi connectivity index (χ4n) is 2.65. The van der Waals surface area contributed by atoms with E-state index in [-0.39, 0.29) is 18.1 Å². The maximum atomic E-state index is 12.4. The number of carbonyl (C=O) groups excluding carboxylic acids is 1. The lowest BCUT2D eigenvalue weighted by Gasteiger charge is -2.40. The summed E-state index contributed by atoms with van der Waals surface area (Å²) < 4.78 is 5.48. The van der Waals surface area contributed by atoms with Gasteiger partial charge >= 0.3 is 0 Å². The van der Waals surface area contributed by atoms with E-state index in [1.54, 1.807) is 17.0 Å². The third kappa shape index (κ3) is 3.38. The average molecular weight is 335 g/mol. The summed E-state index contributed by atoms with van der Waals surface area (Å²) in [6.45, 7) is 5.77. The molecule has 1 N–H and O–H groups in total. The molecule has 0 bridgehead atoms. The highest BCUT2D eigenvalue weighted by atomic mass is 35.5. The van der Waals surface area contributed by atoms with Gasteiger partial charge in [0.15, 0.2) is 0 Å². The molecule has 1 amide bonds. The predicted molar refractivity (Wildman–Crippen MR) is 89.6 cm³/mol. The van der Waals surface area contributed by atoms with Crippen molar-refractivity contribution in [1.82, 2.24) is 14.9 Å². The fraction of sp³-hybridized carbons (Fsp3) is 0.438. The van der Waals surface area contributed by atoms with Crippen molar-refractivity contribution in [1.29, 1.82) is 0 Å². The molecule has 122 valence electrons. The van der Waals surface area contributed by atoms with E-state index in [2.05, 4.69) is 15.3 Å². The predicted octanol–water partition coefficient (Wildman–Crippen LogP) is 2.33. The minimum absolute atomic E-state index is 0.0432. The maximum absolute atomic E-state index is 12.4. The molecule has 1 fully saturated rings. The largest absolute Gasteiger partial charge is 0.375 e. The van der Waals surface area contributed by atoms with Crippen molar-refractivity contribution >= 4 is 34.2 Å². The number of likely N-dealkylation sites (tertiary alicyclic amines) is 1. The van der Waals surface area contributed by atoms with Gasteiger partial charge in [-0.3, -0.25) is 4.79 Å². The molecule has 1 aliphatic rings. The standard InChI is InChI=1S/C16H19ClN4O2/c1-3-23-12-7-21(8-12)16(22)10(2)20-15-13-5-4-11(17)6-14(13)18-9-19-15/h4-6,9-10,12H,3,7-8H2,1-2H3,(H,18,19,20)/t10-/m1/s1. The van der Waals surface area contributed by atoms with Crippen molar-refractivity contribution in [2.45, 2.75) is 26.0 Å². The van der Waals surface area contributed by atoms with Crippen molar-refractivity contribution in [3.8, 4) is 0 Å². The quantitative estimate of drug-likeness (QED) is 0.909. The SMILES string of the molecule is CCOC1CN(C(=O)[C@@H](C)Nc2ncnc3cc(Cl)ccc23)C1. The average Bonchev–Trinajstić information content (AvgIpc) is 2.49. The molecule has 1 aromatic carbocycles. The second-order valence-corrected chi connectivity index (χ2v) is 6.01. The zero-order valence-electron chi connectivity index (χ0n) is 13.1. The molecule has 0 spiro atoms. The van der Waals surface area contributed by atoms with Crippen molar-refractivity contribution in [2.24, 2.45) is 0 Å². The van der Waals surface area contributed by atoms with E-state index in [9.17, 15) is 4.79 Å². The van der Waals surface area contributed by atoms with Gasteiger partial charge in [-0.25, -0.2) is 9.97 Å². The fourth-order valence-corrected chi connectivity index (χ4v) is 2.81. The van der Waals surface area contributed by atoms with Gasteiger partial charge in [0.05, 0.1) is 11.6 Å². The number of anilines is 1. The normalized spacial score (nSPS) is 16.2. The molecule has 0 unspecified atom stereocenters. The molecule has 23 heavy (non-hydrogen) atoms. The van der Waals surface area contributed by atoms with Gasteiger partial charge < -0.3 is 15.0 Å². The molecule has 0 aliphatic carbocycles. The minimum atomic E-state index is -0.369. The van der Waals surface area contributed by atoms with E-state index in [1.165, 1.54) is 6.33 Å². The zero-order valence-corrected chi connectivity index (χ0v) is 13.9. The number of hydrogen-bond acceptors (Lipinski definition) is 5. The lowest BCUT2D eigenvalue weighted by molar-refractivity contribution is -0.145. The number of nitrogens with one attached hydrogen (secondary N) is 1. The van der Waals surface area contributed by atoms with E-state index in [1.807, 2.05) is 19.9 Å². The van der Waals surface area contributed by atoms with Gasteiger partial charge in [0.2, 0.25) is 5.91 Å². The van der Waals surface area contributed by atoms with Gasteiger partial charge in [0.25, 0.3) is 0 Å². The number of ether oxygens (including phenoxy) is 1. The Morgan fingerprint density at radius 3 is 3.00 bits per heavy atom. The number of carbonyl (C=O) groups is 1. The molecule has 0 saturated carbocycles. The van der Waals surface area contributed by atoms with Crippen LogP contribution in [-0.2, 0) is 9.53 Å². The summed E-state index contributed by atoms with van der Waals surface area (Å²) in [5.74, 6) is 0.677. The van der Waals surface area contributed by atoms with E-state index in [4.69, 9.17) is 16.3 Å². The van der Waals surface area contributed by atoms with Crippen LogP contribution in [0.2, 0.25) is 5.02 Å². The number of nitrogens with zero attached hydrogens (tertiary/aromatic N) is 3. The summed E-state index contributed by atoms with van der Waals surface area (Å²) in [7, 11) is 0. The zero-order chi connectivity index (χ0) is 16.4. The first-order chi connectivity index (χ1) is 11.1. The summed E-state index contributed by atoms with van der Waals surface area (Å²) in [5, 5.41) is 4.63. The first-order valence-corrected chi connectivity index (χ1v) is 8.03. The minimum Gasteiger partial charge on any atom is -0.375 e. The molecule has 0 radical (unpaired) electrons. The second-order valence-electron chi connectivity index (χ2n) is 5.57. The van der Waals surface area contributed by atoms with Crippen LogP contribution in [-0.4, -0.2) is 52.6 Å². The molecular weight excluding hydrogens is 316 g/mol. The van der Waals surface area contributed by atoms with Crippen LogP contribution < -0.4 is 5.32 Å². The van der Waals surface area contributed by atoms with Crippen LogP contribution in [0.4, 0.5) is 5.82 Å². The van der Waals surface area contributed by atoms with Crippen molar-refractivity contribution in [2.75, 3.05) is 25.0 Å². The summed E-state index contributed by atoms with van der Waals surface area (Å²) in [4.78, 5) is 22.6. The Morgan fingerprint density at radius 2 is 2.26 bits per heavy atom. The molecule has 2 aromatic rings. The van der Waals surface area contributed by atoms with Gasteiger partial charge in [-0.05, 0) is 32.0 Å². The van der Waals surface area contributed by atoms with E-state index >= 15 is 0 Å². The Labute approximate surface area is 139 Å². The van der Waals surface area contributed by atoms with Crippen LogP contribution in [0.3, 0.4) is 0 Å². The Kier molecular flexibility index (Phi) is 4.63. The van der Waals surface area contributed by atoms with E-state index < -0.39 is 0 Å². The number of rotatable bonds is 5. The van der Waals surface area contributed by atoms with Gasteiger partial charge in [-0.2, -0.15) is 0 Å². The Balaban J connectivity index is 1.68. The number of amides is 1. The van der Waals surface area contributed by atoms with Crippen LogP contribution in [0.25, 0.3) is 10.9 Å². The monoisotopic (exact) mass is 334 g/mol. The maximum Gasteiger partial charge on any atom is 0.244 e. The molecule has 2 heterocycles. The van der Waals surface area contributed by atoms with Crippen LogP contribution in [0.5, 0.6) is 0 Å². The number of fused-ring (bicyclic) bond motifs is 1. The Morgan fingerprint density at radius 1 is 1.48 bits per heavy atom.